The maximum atomic E-state index is 14.0. The highest BCUT2D eigenvalue weighted by molar-refractivity contribution is 5.98. The maximum absolute atomic E-state index is 14.0. The SMILES string of the molecule is CC(c1cc2c(c(C(F)(F)F)c1)CN(C)C2=O)N1CCC(C)(F)CC1. The van der Waals surface area contributed by atoms with Gasteiger partial charge in [0, 0.05) is 38.3 Å². The van der Waals surface area contributed by atoms with E-state index in [9.17, 15) is 22.4 Å². The normalized spacial score (nSPS) is 22.2. The molecule has 7 heteroatoms. The molecule has 1 amide bonds. The van der Waals surface area contributed by atoms with Crippen molar-refractivity contribution in [3.8, 4) is 0 Å². The Hall–Kier alpha value is -1.63. The zero-order valence-electron chi connectivity index (χ0n) is 14.6. The van der Waals surface area contributed by atoms with Crippen LogP contribution in [0.15, 0.2) is 12.1 Å². The van der Waals surface area contributed by atoms with Gasteiger partial charge in [-0.2, -0.15) is 13.2 Å². The number of amides is 1. The first kappa shape index (κ1) is 18.2. The minimum Gasteiger partial charge on any atom is -0.337 e. The quantitative estimate of drug-likeness (QED) is 0.741. The molecule has 25 heavy (non-hydrogen) atoms. The van der Waals surface area contributed by atoms with Crippen LogP contribution in [0.3, 0.4) is 0 Å². The maximum Gasteiger partial charge on any atom is 0.416 e. The van der Waals surface area contributed by atoms with Crippen LogP contribution in [0.2, 0.25) is 0 Å². The van der Waals surface area contributed by atoms with E-state index in [1.165, 1.54) is 11.9 Å². The average Bonchev–Trinajstić information content (AvgIpc) is 2.80. The molecule has 2 aliphatic rings. The van der Waals surface area contributed by atoms with E-state index >= 15 is 0 Å². The van der Waals surface area contributed by atoms with E-state index in [4.69, 9.17) is 0 Å². The van der Waals surface area contributed by atoms with Crippen molar-refractivity contribution in [2.75, 3.05) is 20.1 Å². The van der Waals surface area contributed by atoms with E-state index < -0.39 is 17.4 Å². The summed E-state index contributed by atoms with van der Waals surface area (Å²) in [6, 6.07) is 2.42. The van der Waals surface area contributed by atoms with Crippen molar-refractivity contribution in [2.24, 2.45) is 0 Å². The standard InChI is InChI=1S/C18H22F4N2O/c1-11(24-6-4-17(2,19)5-7-24)12-8-13-14(10-23(3)16(13)25)15(9-12)18(20,21)22/h8-9,11H,4-7,10H2,1-3H3. The summed E-state index contributed by atoms with van der Waals surface area (Å²) in [6.07, 6.45) is -3.79. The highest BCUT2D eigenvalue weighted by Crippen LogP contribution is 2.40. The molecule has 0 radical (unpaired) electrons. The Balaban J connectivity index is 1.96. The van der Waals surface area contributed by atoms with Crippen LogP contribution in [0.4, 0.5) is 17.6 Å². The number of hydrogen-bond acceptors (Lipinski definition) is 2. The first-order valence-corrected chi connectivity index (χ1v) is 8.42. The Morgan fingerprint density at radius 3 is 2.36 bits per heavy atom. The van der Waals surface area contributed by atoms with Gasteiger partial charge < -0.3 is 4.90 Å². The highest BCUT2D eigenvalue weighted by Gasteiger charge is 2.40. The summed E-state index contributed by atoms with van der Waals surface area (Å²) in [6.45, 7) is 4.31. The molecule has 0 aromatic heterocycles. The van der Waals surface area contributed by atoms with E-state index in [0.717, 1.165) is 6.07 Å². The Morgan fingerprint density at radius 2 is 1.80 bits per heavy atom. The summed E-state index contributed by atoms with van der Waals surface area (Å²) in [5.41, 5.74) is -1.32. The van der Waals surface area contributed by atoms with Gasteiger partial charge in [-0.3, -0.25) is 9.69 Å². The molecule has 1 unspecified atom stereocenters. The number of likely N-dealkylation sites (tertiary alicyclic amines) is 1. The predicted octanol–water partition coefficient (Wildman–Crippen LogP) is 4.18. The summed E-state index contributed by atoms with van der Waals surface area (Å²) in [4.78, 5) is 15.5. The van der Waals surface area contributed by atoms with Crippen molar-refractivity contribution in [1.29, 1.82) is 0 Å². The van der Waals surface area contributed by atoms with Gasteiger partial charge in [-0.1, -0.05) is 0 Å². The van der Waals surface area contributed by atoms with Crippen LogP contribution >= 0.6 is 0 Å². The summed E-state index contributed by atoms with van der Waals surface area (Å²) in [5, 5.41) is 0. The summed E-state index contributed by atoms with van der Waals surface area (Å²) < 4.78 is 54.5. The molecule has 138 valence electrons. The van der Waals surface area contributed by atoms with Gasteiger partial charge in [0.15, 0.2) is 0 Å². The molecule has 1 saturated heterocycles. The van der Waals surface area contributed by atoms with Crippen molar-refractivity contribution in [2.45, 2.75) is 51.1 Å². The lowest BCUT2D eigenvalue weighted by atomic mass is 9.91. The Bertz CT molecular complexity index is 689. The topological polar surface area (TPSA) is 23.6 Å². The van der Waals surface area contributed by atoms with E-state index in [1.54, 1.807) is 13.0 Å². The number of nitrogens with zero attached hydrogens (tertiary/aromatic N) is 2. The zero-order chi connectivity index (χ0) is 18.6. The lowest BCUT2D eigenvalue weighted by Gasteiger charge is -2.38. The van der Waals surface area contributed by atoms with Crippen LogP contribution in [-0.4, -0.2) is 41.5 Å². The van der Waals surface area contributed by atoms with Crippen molar-refractivity contribution in [1.82, 2.24) is 9.80 Å². The molecule has 2 aliphatic heterocycles. The monoisotopic (exact) mass is 358 g/mol. The molecule has 0 spiro atoms. The Morgan fingerprint density at radius 1 is 1.20 bits per heavy atom. The lowest BCUT2D eigenvalue weighted by Crippen LogP contribution is -2.41. The van der Waals surface area contributed by atoms with E-state index in [-0.39, 0.29) is 29.6 Å². The molecular formula is C18H22F4N2O. The van der Waals surface area contributed by atoms with Gasteiger partial charge >= 0.3 is 6.18 Å². The highest BCUT2D eigenvalue weighted by atomic mass is 19.4. The summed E-state index contributed by atoms with van der Waals surface area (Å²) >= 11 is 0. The number of fused-ring (bicyclic) bond motifs is 1. The lowest BCUT2D eigenvalue weighted by molar-refractivity contribution is -0.138. The van der Waals surface area contributed by atoms with Gasteiger partial charge in [-0.15, -0.1) is 0 Å². The van der Waals surface area contributed by atoms with Crippen molar-refractivity contribution < 1.29 is 22.4 Å². The molecule has 3 rings (SSSR count). The fourth-order valence-electron chi connectivity index (χ4n) is 3.65. The Kier molecular flexibility index (Phi) is 4.34. The minimum absolute atomic E-state index is 0.0262. The van der Waals surface area contributed by atoms with Crippen molar-refractivity contribution in [3.05, 3.63) is 34.4 Å². The number of alkyl halides is 4. The van der Waals surface area contributed by atoms with Crippen molar-refractivity contribution in [3.63, 3.8) is 0 Å². The van der Waals surface area contributed by atoms with Crippen LogP contribution in [0.1, 0.15) is 59.8 Å². The van der Waals surface area contributed by atoms with Gasteiger partial charge in [0.05, 0.1) is 5.56 Å². The van der Waals surface area contributed by atoms with Gasteiger partial charge in [0.1, 0.15) is 5.67 Å². The molecule has 0 bridgehead atoms. The molecule has 1 aromatic rings. The minimum atomic E-state index is -4.51. The van der Waals surface area contributed by atoms with Gasteiger partial charge in [0.25, 0.3) is 5.91 Å². The van der Waals surface area contributed by atoms with E-state index in [0.29, 0.717) is 31.5 Å². The molecule has 1 fully saturated rings. The first-order valence-electron chi connectivity index (χ1n) is 8.42. The third-order valence-electron chi connectivity index (χ3n) is 5.42. The number of benzene rings is 1. The van der Waals surface area contributed by atoms with Crippen LogP contribution in [0.25, 0.3) is 0 Å². The zero-order valence-corrected chi connectivity index (χ0v) is 14.6. The van der Waals surface area contributed by atoms with Crippen LogP contribution in [0, 0.1) is 0 Å². The predicted molar refractivity (Wildman–Crippen MR) is 86.0 cm³/mol. The van der Waals surface area contributed by atoms with Crippen molar-refractivity contribution >= 4 is 5.91 Å². The average molecular weight is 358 g/mol. The van der Waals surface area contributed by atoms with Crippen LogP contribution in [0.5, 0.6) is 0 Å². The number of rotatable bonds is 2. The number of carbonyl (C=O) groups excluding carboxylic acids is 1. The summed E-state index contributed by atoms with van der Waals surface area (Å²) in [7, 11) is 1.50. The first-order chi connectivity index (χ1) is 11.5. The molecule has 0 N–H and O–H groups in total. The number of hydrogen-bond donors (Lipinski definition) is 0. The number of halogens is 4. The third-order valence-corrected chi connectivity index (χ3v) is 5.42. The van der Waals surface area contributed by atoms with Gasteiger partial charge in [-0.05, 0) is 49.9 Å². The molecule has 3 nitrogen and oxygen atoms in total. The second-order valence-electron chi connectivity index (χ2n) is 7.38. The van der Waals surface area contributed by atoms with Crippen LogP contribution in [-0.2, 0) is 12.7 Å². The Labute approximate surface area is 144 Å². The molecule has 0 saturated carbocycles. The molecule has 1 aromatic carbocycles. The largest absolute Gasteiger partial charge is 0.416 e. The number of piperidine rings is 1. The molecule has 0 aliphatic carbocycles. The molecule has 1 atom stereocenters. The number of carbonyl (C=O) groups is 1. The smallest absolute Gasteiger partial charge is 0.337 e. The second-order valence-corrected chi connectivity index (χ2v) is 7.38. The van der Waals surface area contributed by atoms with Gasteiger partial charge in [0.2, 0.25) is 0 Å². The molecular weight excluding hydrogens is 336 g/mol. The fourth-order valence-corrected chi connectivity index (χ4v) is 3.65. The van der Waals surface area contributed by atoms with E-state index in [2.05, 4.69) is 0 Å². The third kappa shape index (κ3) is 3.38. The van der Waals surface area contributed by atoms with E-state index in [1.807, 2.05) is 11.8 Å². The molecule has 2 heterocycles. The second kappa shape index (κ2) is 5.97. The van der Waals surface area contributed by atoms with Crippen LogP contribution < -0.4 is 0 Å². The fraction of sp³-hybridized carbons (Fsp3) is 0.611. The summed E-state index contributed by atoms with van der Waals surface area (Å²) in [5.74, 6) is -0.385. The van der Waals surface area contributed by atoms with Gasteiger partial charge in [-0.25, -0.2) is 4.39 Å².